The number of rotatable bonds is 3. The zero-order valence-electron chi connectivity index (χ0n) is 14.5. The highest BCUT2D eigenvalue weighted by Gasteiger charge is 2.38. The van der Waals surface area contributed by atoms with Gasteiger partial charge in [0.1, 0.15) is 0 Å². The topological polar surface area (TPSA) is 29.1 Å². The van der Waals surface area contributed by atoms with Crippen LogP contribution in [0.3, 0.4) is 0 Å². The fourth-order valence-electron chi connectivity index (χ4n) is 5.80. The average molecular weight is 306 g/mol. The van der Waals surface area contributed by atoms with E-state index in [1.165, 1.54) is 83.5 Å². The van der Waals surface area contributed by atoms with Gasteiger partial charge in [0.25, 0.3) is 0 Å². The predicted molar refractivity (Wildman–Crippen MR) is 91.6 cm³/mol. The molecule has 3 saturated carbocycles. The number of amides is 1. The molecule has 1 N–H and O–H groups in total. The number of carbonyl (C=O) groups excluding carboxylic acids is 1. The van der Waals surface area contributed by atoms with Crippen LogP contribution in [0.2, 0.25) is 0 Å². The molecule has 1 amide bonds. The molecule has 3 aliphatic carbocycles. The van der Waals surface area contributed by atoms with Gasteiger partial charge in [-0.15, -0.1) is 0 Å². The Kier molecular flexibility index (Phi) is 5.82. The summed E-state index contributed by atoms with van der Waals surface area (Å²) in [5.41, 5.74) is 0. The van der Waals surface area contributed by atoms with Crippen LogP contribution in [0.5, 0.6) is 0 Å². The highest BCUT2D eigenvalue weighted by Crippen LogP contribution is 2.45. The maximum absolute atomic E-state index is 11.6. The largest absolute Gasteiger partial charge is 0.353 e. The Morgan fingerprint density at radius 2 is 1.32 bits per heavy atom. The van der Waals surface area contributed by atoms with Gasteiger partial charge in [-0.05, 0) is 42.9 Å². The van der Waals surface area contributed by atoms with E-state index in [1.807, 2.05) is 0 Å². The highest BCUT2D eigenvalue weighted by molar-refractivity contribution is 5.73. The average Bonchev–Trinajstić information content (AvgIpc) is 2.56. The Bertz CT molecular complexity index is 355. The van der Waals surface area contributed by atoms with Crippen LogP contribution in [-0.2, 0) is 4.79 Å². The van der Waals surface area contributed by atoms with Gasteiger partial charge in [-0.1, -0.05) is 64.2 Å². The summed E-state index contributed by atoms with van der Waals surface area (Å²) in [7, 11) is 0. The summed E-state index contributed by atoms with van der Waals surface area (Å²) in [6.45, 7) is 1.70. The SMILES string of the molecule is CC(=O)NC1CCC(C2CCCCC2)CC1C1CCCCC1. The summed E-state index contributed by atoms with van der Waals surface area (Å²) in [5, 5.41) is 3.31. The lowest BCUT2D eigenvalue weighted by Crippen LogP contribution is -2.47. The van der Waals surface area contributed by atoms with Gasteiger partial charge in [-0.25, -0.2) is 0 Å². The summed E-state index contributed by atoms with van der Waals surface area (Å²) in [6.07, 6.45) is 18.4. The molecule has 2 nitrogen and oxygen atoms in total. The van der Waals surface area contributed by atoms with E-state index in [9.17, 15) is 4.79 Å². The smallest absolute Gasteiger partial charge is 0.217 e. The van der Waals surface area contributed by atoms with Gasteiger partial charge in [0.15, 0.2) is 0 Å². The minimum atomic E-state index is 0.182. The molecule has 22 heavy (non-hydrogen) atoms. The normalized spacial score (nSPS) is 35.2. The van der Waals surface area contributed by atoms with E-state index >= 15 is 0 Å². The summed E-state index contributed by atoms with van der Waals surface area (Å²) in [6, 6.07) is 0.473. The van der Waals surface area contributed by atoms with Crippen molar-refractivity contribution in [3.8, 4) is 0 Å². The van der Waals surface area contributed by atoms with Crippen LogP contribution in [0.4, 0.5) is 0 Å². The molecule has 0 bridgehead atoms. The van der Waals surface area contributed by atoms with Crippen LogP contribution in [0.25, 0.3) is 0 Å². The molecule has 3 fully saturated rings. The number of carbonyl (C=O) groups is 1. The molecule has 0 aromatic rings. The lowest BCUT2D eigenvalue weighted by Gasteiger charge is -2.45. The zero-order chi connectivity index (χ0) is 15.4. The van der Waals surface area contributed by atoms with Crippen molar-refractivity contribution in [2.45, 2.75) is 96.4 Å². The molecule has 0 spiro atoms. The lowest BCUT2D eigenvalue weighted by atomic mass is 9.63. The first-order chi connectivity index (χ1) is 10.7. The van der Waals surface area contributed by atoms with Crippen molar-refractivity contribution >= 4 is 5.91 Å². The van der Waals surface area contributed by atoms with Crippen LogP contribution in [-0.4, -0.2) is 11.9 Å². The van der Waals surface area contributed by atoms with Crippen LogP contribution < -0.4 is 5.32 Å². The molecule has 2 heteroatoms. The molecule has 0 aromatic heterocycles. The number of hydrogen-bond donors (Lipinski definition) is 1. The van der Waals surface area contributed by atoms with Crippen molar-refractivity contribution in [1.82, 2.24) is 5.32 Å². The maximum Gasteiger partial charge on any atom is 0.217 e. The second kappa shape index (κ2) is 7.84. The first-order valence-electron chi connectivity index (χ1n) is 10.0. The maximum atomic E-state index is 11.6. The zero-order valence-corrected chi connectivity index (χ0v) is 14.5. The summed E-state index contributed by atoms with van der Waals surface area (Å²) in [5.74, 6) is 3.79. The van der Waals surface area contributed by atoms with E-state index in [0.717, 1.165) is 23.7 Å². The first-order valence-corrected chi connectivity index (χ1v) is 10.0. The van der Waals surface area contributed by atoms with Crippen molar-refractivity contribution < 1.29 is 4.79 Å². The third-order valence-corrected chi connectivity index (χ3v) is 6.90. The number of hydrogen-bond acceptors (Lipinski definition) is 1. The quantitative estimate of drug-likeness (QED) is 0.775. The van der Waals surface area contributed by atoms with Gasteiger partial charge in [0.2, 0.25) is 5.91 Å². The molecule has 126 valence electrons. The molecular weight excluding hydrogens is 270 g/mol. The molecule has 3 atom stereocenters. The Hall–Kier alpha value is -0.530. The second-order valence-corrected chi connectivity index (χ2v) is 8.34. The van der Waals surface area contributed by atoms with Crippen molar-refractivity contribution in [2.75, 3.05) is 0 Å². The highest BCUT2D eigenvalue weighted by atomic mass is 16.1. The fourth-order valence-corrected chi connectivity index (χ4v) is 5.80. The minimum Gasteiger partial charge on any atom is -0.353 e. The molecule has 0 radical (unpaired) electrons. The van der Waals surface area contributed by atoms with E-state index in [-0.39, 0.29) is 5.91 Å². The van der Waals surface area contributed by atoms with E-state index in [2.05, 4.69) is 5.32 Å². The van der Waals surface area contributed by atoms with Gasteiger partial charge in [0, 0.05) is 13.0 Å². The van der Waals surface area contributed by atoms with Crippen molar-refractivity contribution in [3.63, 3.8) is 0 Å². The van der Waals surface area contributed by atoms with Gasteiger partial charge >= 0.3 is 0 Å². The third-order valence-electron chi connectivity index (χ3n) is 6.90. The molecule has 0 saturated heterocycles. The Morgan fingerprint density at radius 1 is 0.727 bits per heavy atom. The molecule has 3 unspecified atom stereocenters. The van der Waals surface area contributed by atoms with Crippen LogP contribution in [0.1, 0.15) is 90.4 Å². The van der Waals surface area contributed by atoms with Gasteiger partial charge in [-0.3, -0.25) is 4.79 Å². The Balaban J connectivity index is 1.65. The van der Waals surface area contributed by atoms with Crippen molar-refractivity contribution in [2.24, 2.45) is 23.7 Å². The van der Waals surface area contributed by atoms with Crippen LogP contribution >= 0.6 is 0 Å². The van der Waals surface area contributed by atoms with Gasteiger partial charge in [0.05, 0.1) is 0 Å². The molecule has 0 aliphatic heterocycles. The molecular formula is C20H35NO. The van der Waals surface area contributed by atoms with E-state index in [0.29, 0.717) is 6.04 Å². The standard InChI is InChI=1S/C20H35NO/c1-15(22)21-20-13-12-18(16-8-4-2-5-9-16)14-19(20)17-10-6-3-7-11-17/h16-20H,2-14H2,1H3,(H,21,22). The summed E-state index contributed by atoms with van der Waals surface area (Å²) in [4.78, 5) is 11.6. The molecule has 3 aliphatic rings. The third kappa shape index (κ3) is 4.06. The van der Waals surface area contributed by atoms with Crippen LogP contribution in [0.15, 0.2) is 0 Å². The monoisotopic (exact) mass is 305 g/mol. The van der Waals surface area contributed by atoms with E-state index in [1.54, 1.807) is 6.92 Å². The molecule has 3 rings (SSSR count). The van der Waals surface area contributed by atoms with Crippen LogP contribution in [0, 0.1) is 23.7 Å². The number of nitrogens with one attached hydrogen (secondary N) is 1. The molecule has 0 aromatic carbocycles. The Labute approximate surface area is 136 Å². The van der Waals surface area contributed by atoms with Crippen molar-refractivity contribution in [1.29, 1.82) is 0 Å². The Morgan fingerprint density at radius 3 is 1.91 bits per heavy atom. The van der Waals surface area contributed by atoms with Crippen molar-refractivity contribution in [3.05, 3.63) is 0 Å². The summed E-state index contributed by atoms with van der Waals surface area (Å²) >= 11 is 0. The fraction of sp³-hybridized carbons (Fsp3) is 0.950. The predicted octanol–water partition coefficient (Wildman–Crippen LogP) is 5.07. The summed E-state index contributed by atoms with van der Waals surface area (Å²) < 4.78 is 0. The molecule has 0 heterocycles. The first kappa shape index (κ1) is 16.3. The lowest BCUT2D eigenvalue weighted by molar-refractivity contribution is -0.120. The van der Waals surface area contributed by atoms with Gasteiger partial charge < -0.3 is 5.32 Å². The van der Waals surface area contributed by atoms with E-state index < -0.39 is 0 Å². The second-order valence-electron chi connectivity index (χ2n) is 8.34. The van der Waals surface area contributed by atoms with E-state index in [4.69, 9.17) is 0 Å². The van der Waals surface area contributed by atoms with Gasteiger partial charge in [-0.2, -0.15) is 0 Å². The minimum absolute atomic E-state index is 0.182.